The Kier molecular flexibility index (Phi) is 7.75. The Labute approximate surface area is 332 Å². The van der Waals surface area contributed by atoms with Crippen LogP contribution in [0.5, 0.6) is 0 Å². The minimum Gasteiger partial charge on any atom is -0.456 e. The molecule has 10 aromatic rings. The molecular weight excluding hydrogens is 691 g/mol. The van der Waals surface area contributed by atoms with Crippen LogP contribution in [0, 0.1) is 0 Å². The summed E-state index contributed by atoms with van der Waals surface area (Å²) in [6, 6.07) is 81.0. The minimum absolute atomic E-state index is 0.471. The highest BCUT2D eigenvalue weighted by Gasteiger charge is 2.46. The largest absolute Gasteiger partial charge is 0.456 e. The van der Waals surface area contributed by atoms with Crippen molar-refractivity contribution in [1.29, 1.82) is 0 Å². The molecule has 9 aromatic carbocycles. The van der Waals surface area contributed by atoms with Gasteiger partial charge in [0, 0.05) is 33.9 Å². The molecule has 0 aliphatic heterocycles. The van der Waals surface area contributed by atoms with Gasteiger partial charge in [0.1, 0.15) is 11.2 Å². The highest BCUT2D eigenvalue weighted by atomic mass is 16.3. The van der Waals surface area contributed by atoms with Gasteiger partial charge in [-0.1, -0.05) is 170 Å². The average Bonchev–Trinajstić information content (AvgIpc) is 3.81. The van der Waals surface area contributed by atoms with Crippen molar-refractivity contribution in [3.8, 4) is 33.4 Å². The van der Waals surface area contributed by atoms with Crippen LogP contribution >= 0.6 is 0 Å². The number of fused-ring (bicyclic) bond motifs is 6. The van der Waals surface area contributed by atoms with E-state index in [2.05, 4.69) is 229 Å². The lowest BCUT2D eigenvalue weighted by molar-refractivity contribution is 0.668. The van der Waals surface area contributed by atoms with Gasteiger partial charge in [0.05, 0.1) is 5.41 Å². The van der Waals surface area contributed by atoms with Crippen LogP contribution in [0.15, 0.2) is 229 Å². The van der Waals surface area contributed by atoms with Gasteiger partial charge in [-0.3, -0.25) is 0 Å². The summed E-state index contributed by atoms with van der Waals surface area (Å²) in [5.41, 5.74) is 16.9. The average molecular weight is 728 g/mol. The first-order valence-corrected chi connectivity index (χ1v) is 19.6. The molecule has 2 heteroatoms. The molecule has 1 aromatic heterocycles. The third kappa shape index (κ3) is 5.33. The predicted octanol–water partition coefficient (Wildman–Crippen LogP) is 14.8. The number of hydrogen-bond donors (Lipinski definition) is 0. The Morgan fingerprint density at radius 3 is 1.35 bits per heavy atom. The molecule has 0 atom stereocenters. The van der Waals surface area contributed by atoms with Gasteiger partial charge in [0.2, 0.25) is 0 Å². The van der Waals surface area contributed by atoms with Crippen LogP contribution in [0.2, 0.25) is 0 Å². The van der Waals surface area contributed by atoms with Gasteiger partial charge in [-0.05, 0) is 104 Å². The summed E-state index contributed by atoms with van der Waals surface area (Å²) in [7, 11) is 0. The first kappa shape index (κ1) is 33.0. The highest BCUT2D eigenvalue weighted by molar-refractivity contribution is 6.07. The van der Waals surface area contributed by atoms with E-state index in [1.54, 1.807) is 0 Å². The molecule has 0 amide bonds. The summed E-state index contributed by atoms with van der Waals surface area (Å²) >= 11 is 0. The van der Waals surface area contributed by atoms with Crippen LogP contribution in [-0.4, -0.2) is 0 Å². The highest BCUT2D eigenvalue weighted by Crippen LogP contribution is 2.56. The fourth-order valence-electron chi connectivity index (χ4n) is 9.16. The molecule has 0 bridgehead atoms. The number of nitrogens with zero attached hydrogens (tertiary/aromatic N) is 1. The van der Waals surface area contributed by atoms with Crippen molar-refractivity contribution in [3.05, 3.63) is 247 Å². The molecule has 1 aliphatic carbocycles. The minimum atomic E-state index is -0.471. The Bertz CT molecular complexity index is 2910. The molecule has 268 valence electrons. The molecule has 0 spiro atoms. The van der Waals surface area contributed by atoms with Crippen LogP contribution in [-0.2, 0) is 5.41 Å². The second-order valence-electron chi connectivity index (χ2n) is 14.9. The third-order valence-corrected chi connectivity index (χ3v) is 11.8. The maximum atomic E-state index is 6.74. The Morgan fingerprint density at radius 2 is 0.789 bits per heavy atom. The molecule has 0 unspecified atom stereocenters. The van der Waals surface area contributed by atoms with Crippen LogP contribution in [0.3, 0.4) is 0 Å². The third-order valence-electron chi connectivity index (χ3n) is 11.8. The van der Waals surface area contributed by atoms with E-state index in [9.17, 15) is 0 Å². The van der Waals surface area contributed by atoms with Gasteiger partial charge in [-0.2, -0.15) is 0 Å². The maximum absolute atomic E-state index is 6.74. The summed E-state index contributed by atoms with van der Waals surface area (Å²) < 4.78 is 6.74. The Balaban J connectivity index is 1.06. The normalized spacial score (nSPS) is 12.7. The number of anilines is 3. The summed E-state index contributed by atoms with van der Waals surface area (Å²) in [4.78, 5) is 2.32. The summed E-state index contributed by atoms with van der Waals surface area (Å²) in [6.45, 7) is 0. The van der Waals surface area contributed by atoms with Crippen LogP contribution in [0.25, 0.3) is 55.3 Å². The van der Waals surface area contributed by atoms with E-state index in [0.29, 0.717) is 0 Å². The lowest BCUT2D eigenvalue weighted by atomic mass is 9.67. The molecule has 0 N–H and O–H groups in total. The van der Waals surface area contributed by atoms with Crippen LogP contribution in [0.4, 0.5) is 17.1 Å². The monoisotopic (exact) mass is 727 g/mol. The van der Waals surface area contributed by atoms with E-state index >= 15 is 0 Å². The maximum Gasteiger partial charge on any atom is 0.137 e. The number of hydrogen-bond acceptors (Lipinski definition) is 2. The molecule has 1 aliphatic rings. The van der Waals surface area contributed by atoms with Gasteiger partial charge in [0.15, 0.2) is 0 Å². The first-order valence-electron chi connectivity index (χ1n) is 19.6. The molecule has 0 radical (unpaired) electrons. The van der Waals surface area contributed by atoms with Crippen molar-refractivity contribution in [1.82, 2.24) is 0 Å². The zero-order valence-electron chi connectivity index (χ0n) is 31.2. The fourth-order valence-corrected chi connectivity index (χ4v) is 9.16. The topological polar surface area (TPSA) is 16.4 Å². The quantitative estimate of drug-likeness (QED) is 0.163. The number of furan rings is 1. The van der Waals surface area contributed by atoms with Crippen LogP contribution < -0.4 is 4.90 Å². The number of rotatable bonds is 7. The van der Waals surface area contributed by atoms with E-state index in [-0.39, 0.29) is 0 Å². The van der Waals surface area contributed by atoms with Gasteiger partial charge < -0.3 is 9.32 Å². The Morgan fingerprint density at radius 1 is 0.316 bits per heavy atom. The van der Waals surface area contributed by atoms with E-state index in [1.807, 2.05) is 0 Å². The molecule has 57 heavy (non-hydrogen) atoms. The lowest BCUT2D eigenvalue weighted by Gasteiger charge is -2.33. The van der Waals surface area contributed by atoms with E-state index < -0.39 is 5.41 Å². The van der Waals surface area contributed by atoms with Crippen LogP contribution in [0.1, 0.15) is 22.3 Å². The summed E-state index contributed by atoms with van der Waals surface area (Å²) in [5.74, 6) is 0. The van der Waals surface area contributed by atoms with E-state index in [1.165, 1.54) is 55.6 Å². The van der Waals surface area contributed by atoms with Crippen molar-refractivity contribution in [2.45, 2.75) is 5.41 Å². The fraction of sp³-hybridized carbons (Fsp3) is 0.0182. The predicted molar refractivity (Wildman–Crippen MR) is 237 cm³/mol. The van der Waals surface area contributed by atoms with Crippen molar-refractivity contribution < 1.29 is 4.42 Å². The van der Waals surface area contributed by atoms with Gasteiger partial charge >= 0.3 is 0 Å². The zero-order valence-corrected chi connectivity index (χ0v) is 31.2. The Hall–Kier alpha value is -7.42. The zero-order chi connectivity index (χ0) is 37.8. The molecule has 11 rings (SSSR count). The second-order valence-corrected chi connectivity index (χ2v) is 14.9. The summed E-state index contributed by atoms with van der Waals surface area (Å²) in [6.07, 6.45) is 0. The molecule has 0 saturated carbocycles. The molecular formula is C55H37NO. The summed E-state index contributed by atoms with van der Waals surface area (Å²) in [5, 5.41) is 2.20. The van der Waals surface area contributed by atoms with Gasteiger partial charge in [0.25, 0.3) is 0 Å². The molecule has 0 saturated heterocycles. The SMILES string of the molecule is c1ccc(-c2ccc(N(c3ccc(-c4ccccc4)cc3)c3ccc4c(c3)oc3ccc(C5(c6ccccc6)c6ccccc6-c6ccccc65)cc34)cc2)cc1. The van der Waals surface area contributed by atoms with E-state index in [0.717, 1.165) is 39.0 Å². The molecule has 1 heterocycles. The van der Waals surface area contributed by atoms with Crippen molar-refractivity contribution >= 4 is 39.0 Å². The first-order chi connectivity index (χ1) is 28.3. The second kappa shape index (κ2) is 13.4. The smallest absolute Gasteiger partial charge is 0.137 e. The molecule has 2 nitrogen and oxygen atoms in total. The van der Waals surface area contributed by atoms with Gasteiger partial charge in [-0.15, -0.1) is 0 Å². The van der Waals surface area contributed by atoms with E-state index in [4.69, 9.17) is 4.42 Å². The van der Waals surface area contributed by atoms with Crippen molar-refractivity contribution in [2.24, 2.45) is 0 Å². The van der Waals surface area contributed by atoms with Crippen molar-refractivity contribution in [3.63, 3.8) is 0 Å². The molecule has 0 fully saturated rings. The van der Waals surface area contributed by atoms with Gasteiger partial charge in [-0.25, -0.2) is 0 Å². The lowest BCUT2D eigenvalue weighted by Crippen LogP contribution is -2.28. The standard InChI is InChI=1S/C55H37NO/c1-4-14-38(15-5-1)40-24-29-44(30-25-40)56(45-31-26-41(27-32-45)39-16-6-2-7-17-39)46-33-34-49-50-36-43(28-35-53(50)57-54(49)37-46)55(42-18-8-3-9-19-42)51-22-12-10-20-47(51)48-21-11-13-23-52(48)55/h1-37H. The number of benzene rings is 9. The van der Waals surface area contributed by atoms with Crippen molar-refractivity contribution in [2.75, 3.05) is 4.90 Å².